The Labute approximate surface area is 123 Å². The van der Waals surface area contributed by atoms with E-state index in [0.717, 1.165) is 16.6 Å². The first-order chi connectivity index (χ1) is 9.20. The highest BCUT2D eigenvalue weighted by molar-refractivity contribution is 7.16. The Bertz CT molecular complexity index is 526. The molecular formula is C15H18ClNOS. The van der Waals surface area contributed by atoms with Gasteiger partial charge in [-0.2, -0.15) is 0 Å². The smallest absolute Gasteiger partial charge is 0.123 e. The highest BCUT2D eigenvalue weighted by Crippen LogP contribution is 2.27. The summed E-state index contributed by atoms with van der Waals surface area (Å²) in [5, 5.41) is 3.50. The first-order valence-corrected chi connectivity index (χ1v) is 7.59. The molecule has 1 N–H and O–H groups in total. The fourth-order valence-electron chi connectivity index (χ4n) is 1.87. The lowest BCUT2D eigenvalue weighted by molar-refractivity contribution is 0.335. The summed E-state index contributed by atoms with van der Waals surface area (Å²) in [5.74, 6) is 0.953. The molecule has 0 spiro atoms. The number of hydrogen-bond donors (Lipinski definition) is 1. The molecule has 0 saturated carbocycles. The Morgan fingerprint density at radius 1 is 1.26 bits per heavy atom. The van der Waals surface area contributed by atoms with E-state index in [1.807, 2.05) is 31.2 Å². The predicted octanol–water partition coefficient (Wildman–Crippen LogP) is 4.65. The zero-order valence-electron chi connectivity index (χ0n) is 11.2. The van der Waals surface area contributed by atoms with Crippen molar-refractivity contribution in [2.45, 2.75) is 26.4 Å². The molecule has 2 nitrogen and oxygen atoms in total. The van der Waals surface area contributed by atoms with Gasteiger partial charge in [0.05, 0.1) is 10.9 Å². The second-order valence-corrected chi connectivity index (χ2v) is 6.03. The number of nitrogens with one attached hydrogen (secondary N) is 1. The molecular weight excluding hydrogens is 278 g/mol. The molecule has 102 valence electrons. The minimum atomic E-state index is 0.284. The van der Waals surface area contributed by atoms with Gasteiger partial charge in [0.25, 0.3) is 0 Å². The molecule has 4 heteroatoms. The Balaban J connectivity index is 1.98. The number of benzene rings is 1. The molecule has 1 aromatic carbocycles. The van der Waals surface area contributed by atoms with E-state index in [9.17, 15) is 0 Å². The van der Waals surface area contributed by atoms with Crippen molar-refractivity contribution in [3.8, 4) is 5.75 Å². The van der Waals surface area contributed by atoms with Crippen LogP contribution in [0.2, 0.25) is 4.34 Å². The minimum Gasteiger partial charge on any atom is -0.494 e. The van der Waals surface area contributed by atoms with Gasteiger partial charge in [-0.25, -0.2) is 0 Å². The molecule has 1 unspecified atom stereocenters. The van der Waals surface area contributed by atoms with Gasteiger partial charge in [0, 0.05) is 23.0 Å². The molecule has 0 aliphatic carbocycles. The van der Waals surface area contributed by atoms with Crippen molar-refractivity contribution >= 4 is 22.9 Å². The molecule has 0 bridgehead atoms. The summed E-state index contributed by atoms with van der Waals surface area (Å²) < 4.78 is 6.45. The number of thiophene rings is 1. The van der Waals surface area contributed by atoms with Gasteiger partial charge in [0.15, 0.2) is 0 Å². The fraction of sp³-hybridized carbons (Fsp3) is 0.333. The lowest BCUT2D eigenvalue weighted by Crippen LogP contribution is -2.17. The van der Waals surface area contributed by atoms with Gasteiger partial charge in [0.2, 0.25) is 0 Å². The van der Waals surface area contributed by atoms with E-state index in [1.54, 1.807) is 11.3 Å². The van der Waals surface area contributed by atoms with E-state index in [-0.39, 0.29) is 6.04 Å². The average Bonchev–Trinajstić information content (AvgIpc) is 2.84. The minimum absolute atomic E-state index is 0.284. The quantitative estimate of drug-likeness (QED) is 0.837. The largest absolute Gasteiger partial charge is 0.494 e. The summed E-state index contributed by atoms with van der Waals surface area (Å²) in [6, 6.07) is 12.4. The van der Waals surface area contributed by atoms with Crippen molar-refractivity contribution in [1.82, 2.24) is 5.32 Å². The molecule has 2 aromatic rings. The van der Waals surface area contributed by atoms with Crippen LogP contribution in [0, 0.1) is 0 Å². The van der Waals surface area contributed by atoms with Crippen molar-refractivity contribution in [2.24, 2.45) is 0 Å². The van der Waals surface area contributed by atoms with Crippen LogP contribution in [0.5, 0.6) is 5.75 Å². The highest BCUT2D eigenvalue weighted by Gasteiger charge is 2.09. The molecule has 1 heterocycles. The van der Waals surface area contributed by atoms with Gasteiger partial charge in [-0.05, 0) is 32.0 Å². The maximum absolute atomic E-state index is 5.96. The maximum Gasteiger partial charge on any atom is 0.123 e. The molecule has 0 fully saturated rings. The van der Waals surface area contributed by atoms with Gasteiger partial charge in [-0.3, -0.25) is 0 Å². The van der Waals surface area contributed by atoms with Crippen molar-refractivity contribution < 1.29 is 4.74 Å². The molecule has 1 aromatic heterocycles. The monoisotopic (exact) mass is 295 g/mol. The Morgan fingerprint density at radius 3 is 2.74 bits per heavy atom. The summed E-state index contributed by atoms with van der Waals surface area (Å²) in [6.07, 6.45) is 0. The van der Waals surface area contributed by atoms with Crippen molar-refractivity contribution in [3.05, 3.63) is 51.2 Å². The molecule has 1 atom stereocenters. The van der Waals surface area contributed by atoms with Gasteiger partial charge >= 0.3 is 0 Å². The van der Waals surface area contributed by atoms with Crippen molar-refractivity contribution in [1.29, 1.82) is 0 Å². The van der Waals surface area contributed by atoms with Crippen LogP contribution in [-0.2, 0) is 6.54 Å². The second-order valence-electron chi connectivity index (χ2n) is 4.29. The summed E-state index contributed by atoms with van der Waals surface area (Å²) >= 11 is 7.58. The van der Waals surface area contributed by atoms with E-state index in [2.05, 4.69) is 24.4 Å². The number of hydrogen-bond acceptors (Lipinski definition) is 3. The topological polar surface area (TPSA) is 21.3 Å². The molecule has 19 heavy (non-hydrogen) atoms. The summed E-state index contributed by atoms with van der Waals surface area (Å²) in [6.45, 7) is 5.62. The van der Waals surface area contributed by atoms with Crippen LogP contribution in [0.15, 0.2) is 36.4 Å². The van der Waals surface area contributed by atoms with Crippen LogP contribution in [0.25, 0.3) is 0 Å². The van der Waals surface area contributed by atoms with E-state index < -0.39 is 0 Å². The molecule has 0 aliphatic rings. The van der Waals surface area contributed by atoms with Gasteiger partial charge in [-0.15, -0.1) is 11.3 Å². The SMILES string of the molecule is CCOc1ccccc1CNC(C)c1ccc(Cl)s1. The fourth-order valence-corrected chi connectivity index (χ4v) is 2.96. The Hall–Kier alpha value is -1.03. The zero-order valence-corrected chi connectivity index (χ0v) is 12.7. The highest BCUT2D eigenvalue weighted by atomic mass is 35.5. The van der Waals surface area contributed by atoms with E-state index in [1.165, 1.54) is 10.4 Å². The Kier molecular flexibility index (Phi) is 5.25. The van der Waals surface area contributed by atoms with E-state index in [4.69, 9.17) is 16.3 Å². The van der Waals surface area contributed by atoms with Gasteiger partial charge in [0.1, 0.15) is 5.75 Å². The second kappa shape index (κ2) is 6.94. The number of rotatable bonds is 6. The van der Waals surface area contributed by atoms with Crippen LogP contribution in [0.1, 0.15) is 30.3 Å². The van der Waals surface area contributed by atoms with Gasteiger partial charge in [-0.1, -0.05) is 29.8 Å². The average molecular weight is 296 g/mol. The third-order valence-corrected chi connectivity index (χ3v) is 4.31. The van der Waals surface area contributed by atoms with Crippen LogP contribution in [0.3, 0.4) is 0 Å². The first-order valence-electron chi connectivity index (χ1n) is 6.40. The number of ether oxygens (including phenoxy) is 1. The lowest BCUT2D eigenvalue weighted by Gasteiger charge is -2.14. The Morgan fingerprint density at radius 2 is 2.05 bits per heavy atom. The zero-order chi connectivity index (χ0) is 13.7. The van der Waals surface area contributed by atoms with E-state index >= 15 is 0 Å². The van der Waals surface area contributed by atoms with Crippen LogP contribution < -0.4 is 10.1 Å². The molecule has 0 saturated heterocycles. The summed E-state index contributed by atoms with van der Waals surface area (Å²) in [5.41, 5.74) is 1.18. The summed E-state index contributed by atoms with van der Waals surface area (Å²) in [7, 11) is 0. The normalized spacial score (nSPS) is 12.4. The van der Waals surface area contributed by atoms with Crippen LogP contribution >= 0.6 is 22.9 Å². The van der Waals surface area contributed by atoms with Crippen molar-refractivity contribution in [2.75, 3.05) is 6.61 Å². The van der Waals surface area contributed by atoms with Crippen molar-refractivity contribution in [3.63, 3.8) is 0 Å². The lowest BCUT2D eigenvalue weighted by atomic mass is 10.2. The third-order valence-electron chi connectivity index (χ3n) is 2.89. The molecule has 0 radical (unpaired) electrons. The molecule has 2 rings (SSSR count). The summed E-state index contributed by atoms with van der Waals surface area (Å²) in [4.78, 5) is 1.25. The third kappa shape index (κ3) is 3.96. The molecule has 0 amide bonds. The standard InChI is InChI=1S/C15H18ClNOS/c1-3-18-13-7-5-4-6-12(13)10-17-11(2)14-8-9-15(16)19-14/h4-9,11,17H,3,10H2,1-2H3. The maximum atomic E-state index is 5.96. The van der Waals surface area contributed by atoms with Gasteiger partial charge < -0.3 is 10.1 Å². The van der Waals surface area contributed by atoms with Crippen LogP contribution in [0.4, 0.5) is 0 Å². The molecule has 0 aliphatic heterocycles. The van der Waals surface area contributed by atoms with E-state index in [0.29, 0.717) is 6.61 Å². The number of halogens is 1. The first kappa shape index (κ1) is 14.4. The predicted molar refractivity (Wildman–Crippen MR) is 82.2 cm³/mol. The number of para-hydroxylation sites is 1. The van der Waals surface area contributed by atoms with Crippen LogP contribution in [-0.4, -0.2) is 6.61 Å².